The van der Waals surface area contributed by atoms with Crippen molar-refractivity contribution in [3.05, 3.63) is 66.2 Å². The second-order valence-corrected chi connectivity index (χ2v) is 7.06. The number of nitrogens with one attached hydrogen (secondary N) is 1. The Bertz CT molecular complexity index is 873. The molecule has 0 saturated carbocycles. The van der Waals surface area contributed by atoms with Gasteiger partial charge in [0.1, 0.15) is 12.7 Å². The van der Waals surface area contributed by atoms with Gasteiger partial charge in [-0.3, -0.25) is 0 Å². The first-order chi connectivity index (χ1) is 12.6. The minimum absolute atomic E-state index is 0.0123. The van der Waals surface area contributed by atoms with E-state index in [1.807, 2.05) is 6.07 Å². The summed E-state index contributed by atoms with van der Waals surface area (Å²) in [4.78, 5) is 3.97. The number of hydrogen-bond acceptors (Lipinski definition) is 5. The number of fused-ring (bicyclic) bond motifs is 1. The molecule has 3 aromatic rings. The van der Waals surface area contributed by atoms with Gasteiger partial charge in [-0.15, -0.1) is 0 Å². The van der Waals surface area contributed by atoms with Crippen LogP contribution >= 0.6 is 0 Å². The van der Waals surface area contributed by atoms with Crippen molar-refractivity contribution in [2.45, 2.75) is 25.8 Å². The molecule has 26 heavy (non-hydrogen) atoms. The molecular weight excluding hydrogens is 328 g/mol. The number of benzene rings is 2. The van der Waals surface area contributed by atoms with E-state index >= 15 is 0 Å². The smallest absolute Gasteiger partial charge is 0.231 e. The lowest BCUT2D eigenvalue weighted by atomic mass is 9.84. The molecule has 0 fully saturated rings. The molecule has 0 amide bonds. The van der Waals surface area contributed by atoms with Gasteiger partial charge in [0.15, 0.2) is 11.5 Å². The van der Waals surface area contributed by atoms with Crippen molar-refractivity contribution in [2.24, 2.45) is 0 Å². The van der Waals surface area contributed by atoms with Crippen molar-refractivity contribution in [1.82, 2.24) is 20.1 Å². The average Bonchev–Trinajstić information content (AvgIpc) is 3.33. The molecule has 6 heteroatoms. The highest BCUT2D eigenvalue weighted by Gasteiger charge is 2.23. The number of ether oxygens (including phenoxy) is 2. The molecule has 134 valence electrons. The Kier molecular flexibility index (Phi) is 4.34. The third kappa shape index (κ3) is 3.41. The van der Waals surface area contributed by atoms with Gasteiger partial charge in [-0.2, -0.15) is 5.10 Å². The molecule has 1 aromatic heterocycles. The van der Waals surface area contributed by atoms with Gasteiger partial charge in [-0.25, -0.2) is 9.67 Å². The molecular formula is C20H22N4O2. The van der Waals surface area contributed by atoms with Gasteiger partial charge in [0, 0.05) is 18.5 Å². The van der Waals surface area contributed by atoms with Crippen molar-refractivity contribution in [3.8, 4) is 17.2 Å². The van der Waals surface area contributed by atoms with E-state index in [2.05, 4.69) is 65.6 Å². The van der Waals surface area contributed by atoms with E-state index in [9.17, 15) is 0 Å². The van der Waals surface area contributed by atoms with E-state index in [-0.39, 0.29) is 5.41 Å². The van der Waals surface area contributed by atoms with E-state index in [1.165, 1.54) is 17.5 Å². The van der Waals surface area contributed by atoms with E-state index in [0.29, 0.717) is 6.79 Å². The minimum atomic E-state index is -0.0123. The fourth-order valence-electron chi connectivity index (χ4n) is 3.05. The zero-order valence-electron chi connectivity index (χ0n) is 15.0. The molecule has 0 unspecified atom stereocenters. The second-order valence-electron chi connectivity index (χ2n) is 7.06. The van der Waals surface area contributed by atoms with Crippen molar-refractivity contribution in [1.29, 1.82) is 0 Å². The third-order valence-corrected chi connectivity index (χ3v) is 4.67. The van der Waals surface area contributed by atoms with Crippen LogP contribution in [-0.4, -0.2) is 28.1 Å². The first-order valence-electron chi connectivity index (χ1n) is 8.67. The molecule has 4 rings (SSSR count). The van der Waals surface area contributed by atoms with Gasteiger partial charge < -0.3 is 14.8 Å². The van der Waals surface area contributed by atoms with Gasteiger partial charge >= 0.3 is 0 Å². The van der Waals surface area contributed by atoms with Crippen LogP contribution in [0.2, 0.25) is 0 Å². The van der Waals surface area contributed by atoms with Crippen molar-refractivity contribution in [3.63, 3.8) is 0 Å². The summed E-state index contributed by atoms with van der Waals surface area (Å²) in [6.45, 7) is 6.43. The summed E-state index contributed by atoms with van der Waals surface area (Å²) in [6, 6.07) is 14.5. The number of rotatable bonds is 6. The summed E-state index contributed by atoms with van der Waals surface area (Å²) in [5, 5.41) is 7.70. The fourth-order valence-corrected chi connectivity index (χ4v) is 3.05. The van der Waals surface area contributed by atoms with Gasteiger partial charge in [0.25, 0.3) is 0 Å². The number of hydrogen-bond donors (Lipinski definition) is 1. The maximum atomic E-state index is 5.50. The molecule has 1 N–H and O–H groups in total. The summed E-state index contributed by atoms with van der Waals surface area (Å²) in [5.41, 5.74) is 3.46. The molecule has 0 saturated heterocycles. The Morgan fingerprint density at radius 2 is 1.88 bits per heavy atom. The van der Waals surface area contributed by atoms with Crippen LogP contribution in [0.25, 0.3) is 5.69 Å². The fraction of sp³-hybridized carbons (Fsp3) is 0.300. The van der Waals surface area contributed by atoms with E-state index in [0.717, 1.165) is 30.3 Å². The van der Waals surface area contributed by atoms with Crippen LogP contribution < -0.4 is 14.8 Å². The average molecular weight is 350 g/mol. The predicted octanol–water partition coefficient (Wildman–Crippen LogP) is 3.06. The summed E-state index contributed by atoms with van der Waals surface area (Å²) < 4.78 is 12.6. The highest BCUT2D eigenvalue weighted by molar-refractivity contribution is 5.46. The molecule has 0 spiro atoms. The van der Waals surface area contributed by atoms with Crippen LogP contribution in [0.3, 0.4) is 0 Å². The molecule has 2 aromatic carbocycles. The summed E-state index contributed by atoms with van der Waals surface area (Å²) in [5.74, 6) is 1.66. The van der Waals surface area contributed by atoms with Crippen LogP contribution in [0.15, 0.2) is 55.1 Å². The van der Waals surface area contributed by atoms with Crippen molar-refractivity contribution >= 4 is 0 Å². The normalized spacial score (nSPS) is 13.2. The third-order valence-electron chi connectivity index (χ3n) is 4.67. The molecule has 2 heterocycles. The Balaban J connectivity index is 1.36. The highest BCUT2D eigenvalue weighted by atomic mass is 16.7. The van der Waals surface area contributed by atoms with Crippen molar-refractivity contribution < 1.29 is 9.47 Å². The van der Waals surface area contributed by atoms with Gasteiger partial charge in [0.2, 0.25) is 6.79 Å². The Labute approximate surface area is 152 Å². The van der Waals surface area contributed by atoms with Crippen LogP contribution in [-0.2, 0) is 12.0 Å². The maximum Gasteiger partial charge on any atom is 0.231 e. The standard InChI is InChI=1S/C20H22N4O2/c1-20(2,16-5-8-18-19(9-16)26-14-25-18)11-21-10-15-3-6-17(7-4-15)24-13-22-12-23-24/h3-9,12-13,21H,10-11,14H2,1-2H3. The van der Waals surface area contributed by atoms with Gasteiger partial charge in [0.05, 0.1) is 5.69 Å². The number of nitrogens with zero attached hydrogens (tertiary/aromatic N) is 3. The lowest BCUT2D eigenvalue weighted by Crippen LogP contribution is -2.32. The number of aromatic nitrogens is 3. The molecule has 1 aliphatic rings. The largest absolute Gasteiger partial charge is 0.454 e. The van der Waals surface area contributed by atoms with E-state index in [1.54, 1.807) is 11.0 Å². The van der Waals surface area contributed by atoms with Crippen molar-refractivity contribution in [2.75, 3.05) is 13.3 Å². The zero-order valence-corrected chi connectivity index (χ0v) is 15.0. The topological polar surface area (TPSA) is 61.2 Å². The molecule has 0 atom stereocenters. The first kappa shape index (κ1) is 16.6. The summed E-state index contributed by atoms with van der Waals surface area (Å²) in [7, 11) is 0. The Morgan fingerprint density at radius 1 is 1.08 bits per heavy atom. The molecule has 0 radical (unpaired) electrons. The van der Waals surface area contributed by atoms with E-state index in [4.69, 9.17) is 9.47 Å². The first-order valence-corrected chi connectivity index (χ1v) is 8.67. The highest BCUT2D eigenvalue weighted by Crippen LogP contribution is 2.36. The zero-order chi connectivity index (χ0) is 18.0. The van der Waals surface area contributed by atoms with Crippen LogP contribution in [0.5, 0.6) is 11.5 Å². The lowest BCUT2D eigenvalue weighted by molar-refractivity contribution is 0.174. The Morgan fingerprint density at radius 3 is 2.65 bits per heavy atom. The molecule has 6 nitrogen and oxygen atoms in total. The van der Waals surface area contributed by atoms with Gasteiger partial charge in [-0.1, -0.05) is 32.0 Å². The van der Waals surface area contributed by atoms with Crippen LogP contribution in [0.4, 0.5) is 0 Å². The van der Waals surface area contributed by atoms with Crippen LogP contribution in [0.1, 0.15) is 25.0 Å². The maximum absolute atomic E-state index is 5.50. The molecule has 1 aliphatic heterocycles. The minimum Gasteiger partial charge on any atom is -0.454 e. The summed E-state index contributed by atoms with van der Waals surface area (Å²) >= 11 is 0. The van der Waals surface area contributed by atoms with E-state index < -0.39 is 0 Å². The monoisotopic (exact) mass is 350 g/mol. The predicted molar refractivity (Wildman–Crippen MR) is 98.7 cm³/mol. The van der Waals surface area contributed by atoms with Gasteiger partial charge in [-0.05, 0) is 35.4 Å². The molecule has 0 aliphatic carbocycles. The second kappa shape index (κ2) is 6.80. The lowest BCUT2D eigenvalue weighted by Gasteiger charge is -2.26. The molecule has 0 bridgehead atoms. The Hall–Kier alpha value is -2.86. The SMILES string of the molecule is CC(C)(CNCc1ccc(-n2cncn2)cc1)c1ccc2c(c1)OCO2. The quantitative estimate of drug-likeness (QED) is 0.740. The summed E-state index contributed by atoms with van der Waals surface area (Å²) in [6.07, 6.45) is 3.23. The van der Waals surface area contributed by atoms with Crippen LogP contribution in [0, 0.1) is 0 Å².